The largest absolute Gasteiger partial charge is 0.384 e. The third-order valence-corrected chi connectivity index (χ3v) is 5.69. The van der Waals surface area contributed by atoms with Crippen LogP contribution in [0, 0.1) is 0 Å². The van der Waals surface area contributed by atoms with Crippen LogP contribution in [0.25, 0.3) is 0 Å². The topological polar surface area (TPSA) is 103 Å². The zero-order valence-electron chi connectivity index (χ0n) is 16.4. The number of hydrogen-bond acceptors (Lipinski definition) is 4. The van der Waals surface area contributed by atoms with Gasteiger partial charge in [-0.15, -0.1) is 0 Å². The average Bonchev–Trinajstić information content (AvgIpc) is 2.71. The van der Waals surface area contributed by atoms with Crippen molar-refractivity contribution in [2.75, 3.05) is 20.1 Å². The van der Waals surface area contributed by atoms with Crippen molar-refractivity contribution in [3.8, 4) is 0 Å². The highest BCUT2D eigenvalue weighted by molar-refractivity contribution is 7.89. The van der Waals surface area contributed by atoms with Crippen LogP contribution < -0.4 is 15.4 Å². The number of aliphatic hydroxyl groups is 1. The molecule has 4 N–H and O–H groups in total. The summed E-state index contributed by atoms with van der Waals surface area (Å²) in [6, 6.07) is 16.0. The predicted octanol–water partition coefficient (Wildman–Crippen LogP) is 1.56. The lowest BCUT2D eigenvalue weighted by atomic mass is 9.96. The minimum atomic E-state index is -3.44. The number of rotatable bonds is 8. The van der Waals surface area contributed by atoms with Gasteiger partial charge in [0.1, 0.15) is 5.60 Å². The van der Waals surface area contributed by atoms with Crippen LogP contribution in [0.5, 0.6) is 0 Å². The normalized spacial score (nSPS) is 14.4. The fourth-order valence-electron chi connectivity index (χ4n) is 2.56. The molecule has 2 rings (SSSR count). The van der Waals surface area contributed by atoms with Gasteiger partial charge in [-0.25, -0.2) is 18.1 Å². The van der Waals surface area contributed by atoms with Crippen LogP contribution in [0.2, 0.25) is 0 Å². The summed E-state index contributed by atoms with van der Waals surface area (Å²) >= 11 is 0. The van der Waals surface area contributed by atoms with E-state index in [-0.39, 0.29) is 4.90 Å². The summed E-state index contributed by atoms with van der Waals surface area (Å²) in [5.74, 6) is 0.575. The van der Waals surface area contributed by atoms with Crippen LogP contribution in [-0.2, 0) is 22.2 Å². The summed E-state index contributed by atoms with van der Waals surface area (Å²) in [4.78, 5) is 4.73. The van der Waals surface area contributed by atoms with Crippen molar-refractivity contribution in [2.24, 2.45) is 4.99 Å². The van der Waals surface area contributed by atoms with Crippen LogP contribution in [-0.4, -0.2) is 39.6 Å². The molecule has 1 unspecified atom stereocenters. The number of sulfonamides is 1. The Labute approximate surface area is 167 Å². The minimum absolute atomic E-state index is 0.215. The zero-order valence-corrected chi connectivity index (χ0v) is 17.3. The van der Waals surface area contributed by atoms with Gasteiger partial charge >= 0.3 is 0 Å². The maximum Gasteiger partial charge on any atom is 0.240 e. The first-order valence-electron chi connectivity index (χ1n) is 9.11. The van der Waals surface area contributed by atoms with Crippen LogP contribution in [0.4, 0.5) is 0 Å². The van der Waals surface area contributed by atoms with Gasteiger partial charge in [-0.2, -0.15) is 0 Å². The van der Waals surface area contributed by atoms with Crippen molar-refractivity contribution in [1.82, 2.24) is 15.4 Å². The summed E-state index contributed by atoms with van der Waals surface area (Å²) in [5, 5.41) is 17.0. The van der Waals surface area contributed by atoms with Crippen molar-refractivity contribution in [2.45, 2.75) is 30.9 Å². The zero-order chi connectivity index (χ0) is 20.6. The number of nitrogens with zero attached hydrogens (tertiary/aromatic N) is 1. The van der Waals surface area contributed by atoms with Crippen LogP contribution >= 0.6 is 0 Å². The Kier molecular flexibility index (Phi) is 7.56. The summed E-state index contributed by atoms with van der Waals surface area (Å²) in [5.41, 5.74) is 0.655. The van der Waals surface area contributed by atoms with Gasteiger partial charge in [0, 0.05) is 6.54 Å². The van der Waals surface area contributed by atoms with Crippen LogP contribution in [0.1, 0.15) is 25.0 Å². The van der Waals surface area contributed by atoms with E-state index in [0.29, 0.717) is 25.6 Å². The van der Waals surface area contributed by atoms with Gasteiger partial charge in [0.25, 0.3) is 0 Å². The Hall–Kier alpha value is -2.42. The third kappa shape index (κ3) is 6.05. The van der Waals surface area contributed by atoms with Crippen molar-refractivity contribution in [1.29, 1.82) is 0 Å². The fraction of sp³-hybridized carbons (Fsp3) is 0.350. The summed E-state index contributed by atoms with van der Waals surface area (Å²) in [7, 11) is -2.06. The van der Waals surface area contributed by atoms with E-state index >= 15 is 0 Å². The first kappa shape index (κ1) is 21.9. The Morgan fingerprint density at radius 1 is 1.07 bits per heavy atom. The molecule has 0 aromatic heterocycles. The van der Waals surface area contributed by atoms with Crippen molar-refractivity contribution in [3.05, 3.63) is 65.7 Å². The molecule has 0 aliphatic heterocycles. The lowest BCUT2D eigenvalue weighted by molar-refractivity contribution is 0.0617. The minimum Gasteiger partial charge on any atom is -0.384 e. The number of benzene rings is 2. The van der Waals surface area contributed by atoms with E-state index in [9.17, 15) is 13.5 Å². The molecule has 0 fully saturated rings. The first-order chi connectivity index (χ1) is 13.3. The molecule has 28 heavy (non-hydrogen) atoms. The molecular formula is C20H28N4O3S. The summed E-state index contributed by atoms with van der Waals surface area (Å²) < 4.78 is 25.8. The molecule has 0 heterocycles. The summed E-state index contributed by atoms with van der Waals surface area (Å²) in [6.45, 7) is 5.06. The number of guanidine groups is 1. The SMILES string of the molecule is CCNC(=NCc1ccc(S(=O)(=O)NC)cc1)NCC(C)(O)c1ccccc1. The van der Waals surface area contributed by atoms with E-state index in [1.807, 2.05) is 37.3 Å². The molecule has 0 aliphatic rings. The maximum absolute atomic E-state index is 11.8. The Morgan fingerprint density at radius 3 is 2.29 bits per heavy atom. The molecule has 0 saturated carbocycles. The van der Waals surface area contributed by atoms with E-state index in [0.717, 1.165) is 11.1 Å². The van der Waals surface area contributed by atoms with Crippen molar-refractivity contribution in [3.63, 3.8) is 0 Å². The third-order valence-electron chi connectivity index (χ3n) is 4.26. The molecule has 0 aliphatic carbocycles. The molecular weight excluding hydrogens is 376 g/mol. The second kappa shape index (κ2) is 9.68. The molecule has 2 aromatic carbocycles. The van der Waals surface area contributed by atoms with Crippen molar-refractivity contribution < 1.29 is 13.5 Å². The highest BCUT2D eigenvalue weighted by Crippen LogP contribution is 2.18. The van der Waals surface area contributed by atoms with Gasteiger partial charge in [0.05, 0.1) is 18.0 Å². The molecule has 0 saturated heterocycles. The molecule has 0 bridgehead atoms. The second-order valence-electron chi connectivity index (χ2n) is 6.54. The fourth-order valence-corrected chi connectivity index (χ4v) is 3.29. The Morgan fingerprint density at radius 2 is 1.71 bits per heavy atom. The van der Waals surface area contributed by atoms with E-state index < -0.39 is 15.6 Å². The predicted molar refractivity (Wildman–Crippen MR) is 112 cm³/mol. The van der Waals surface area contributed by atoms with Gasteiger partial charge in [0.15, 0.2) is 5.96 Å². The lowest BCUT2D eigenvalue weighted by Gasteiger charge is -2.25. The summed E-state index contributed by atoms with van der Waals surface area (Å²) in [6.07, 6.45) is 0. The van der Waals surface area contributed by atoms with Gasteiger partial charge in [-0.1, -0.05) is 42.5 Å². The van der Waals surface area contributed by atoms with Crippen molar-refractivity contribution >= 4 is 16.0 Å². The van der Waals surface area contributed by atoms with Gasteiger partial charge in [-0.05, 0) is 44.2 Å². The van der Waals surface area contributed by atoms with Crippen LogP contribution in [0.15, 0.2) is 64.5 Å². The monoisotopic (exact) mass is 404 g/mol. The highest BCUT2D eigenvalue weighted by atomic mass is 32.2. The molecule has 1 atom stereocenters. The lowest BCUT2D eigenvalue weighted by Crippen LogP contribution is -2.44. The molecule has 0 radical (unpaired) electrons. The first-order valence-corrected chi connectivity index (χ1v) is 10.6. The molecule has 2 aromatic rings. The van der Waals surface area contributed by atoms with Crippen LogP contribution in [0.3, 0.4) is 0 Å². The highest BCUT2D eigenvalue weighted by Gasteiger charge is 2.22. The van der Waals surface area contributed by atoms with E-state index in [4.69, 9.17) is 0 Å². The second-order valence-corrected chi connectivity index (χ2v) is 8.43. The van der Waals surface area contributed by atoms with Gasteiger partial charge < -0.3 is 15.7 Å². The Balaban J connectivity index is 2.04. The van der Waals surface area contributed by atoms with E-state index in [2.05, 4.69) is 20.3 Å². The van der Waals surface area contributed by atoms with E-state index in [1.54, 1.807) is 31.2 Å². The number of aliphatic imine (C=N–C) groups is 1. The van der Waals surface area contributed by atoms with Gasteiger partial charge in [0.2, 0.25) is 10.0 Å². The molecule has 0 amide bonds. The average molecular weight is 405 g/mol. The smallest absolute Gasteiger partial charge is 0.240 e. The quantitative estimate of drug-likeness (QED) is 0.395. The molecule has 7 nitrogen and oxygen atoms in total. The number of nitrogens with one attached hydrogen (secondary N) is 3. The molecule has 8 heteroatoms. The van der Waals surface area contributed by atoms with Gasteiger partial charge in [-0.3, -0.25) is 0 Å². The number of hydrogen-bond donors (Lipinski definition) is 4. The molecule has 0 spiro atoms. The Bertz CT molecular complexity index is 879. The van der Waals surface area contributed by atoms with E-state index in [1.165, 1.54) is 7.05 Å². The maximum atomic E-state index is 11.8. The molecule has 152 valence electrons. The standard InChI is InChI=1S/C20H28N4O3S/c1-4-22-19(24-15-20(2,25)17-8-6-5-7-9-17)23-14-16-10-12-18(13-11-16)28(26,27)21-3/h5-13,21,25H,4,14-15H2,1-3H3,(H2,22,23,24).